The molecule has 0 aliphatic carbocycles. The van der Waals surface area contributed by atoms with Crippen molar-refractivity contribution in [1.29, 1.82) is 0 Å². The number of hydrogen-bond donors (Lipinski definition) is 1. The summed E-state index contributed by atoms with van der Waals surface area (Å²) >= 11 is 6.05. The van der Waals surface area contributed by atoms with Crippen molar-refractivity contribution in [2.45, 2.75) is 25.8 Å². The van der Waals surface area contributed by atoms with Crippen molar-refractivity contribution in [1.82, 2.24) is 15.1 Å². The Bertz CT molecular complexity index is 1010. The lowest BCUT2D eigenvalue weighted by molar-refractivity contribution is -0.121. The molecule has 6 heteroatoms. The summed E-state index contributed by atoms with van der Waals surface area (Å²) in [6.07, 6.45) is 0.846. The van der Waals surface area contributed by atoms with Crippen LogP contribution in [0, 0.1) is 0 Å². The Balaban J connectivity index is 1.85. The summed E-state index contributed by atoms with van der Waals surface area (Å²) in [5.74, 6) is -0.145. The summed E-state index contributed by atoms with van der Waals surface area (Å²) in [7, 11) is 1.59. The number of aromatic nitrogens is 2. The first-order valence-corrected chi connectivity index (χ1v) is 8.87. The summed E-state index contributed by atoms with van der Waals surface area (Å²) in [6.45, 7) is 2.01. The second-order valence-electron chi connectivity index (χ2n) is 6.18. The molecule has 1 amide bonds. The molecule has 0 aliphatic rings. The first-order chi connectivity index (χ1) is 12.5. The van der Waals surface area contributed by atoms with Gasteiger partial charge in [-0.1, -0.05) is 48.9 Å². The summed E-state index contributed by atoms with van der Waals surface area (Å²) in [6, 6.07) is 14.6. The van der Waals surface area contributed by atoms with E-state index in [-0.39, 0.29) is 23.9 Å². The lowest BCUT2D eigenvalue weighted by Gasteiger charge is -2.18. The summed E-state index contributed by atoms with van der Waals surface area (Å²) in [5.41, 5.74) is 1.38. The van der Waals surface area contributed by atoms with Crippen LogP contribution in [0.1, 0.15) is 30.6 Å². The summed E-state index contributed by atoms with van der Waals surface area (Å²) < 4.78 is 1.28. The zero-order chi connectivity index (χ0) is 18.7. The second kappa shape index (κ2) is 7.70. The number of rotatable bonds is 5. The third kappa shape index (κ3) is 3.78. The van der Waals surface area contributed by atoms with Crippen molar-refractivity contribution in [3.05, 3.63) is 75.2 Å². The third-order valence-electron chi connectivity index (χ3n) is 4.36. The molecule has 0 saturated heterocycles. The van der Waals surface area contributed by atoms with E-state index in [1.807, 2.05) is 37.3 Å². The lowest BCUT2D eigenvalue weighted by atomic mass is 10.0. The molecule has 0 bridgehead atoms. The van der Waals surface area contributed by atoms with Crippen LogP contribution in [0.15, 0.2) is 53.3 Å². The van der Waals surface area contributed by atoms with Crippen molar-refractivity contribution < 1.29 is 4.79 Å². The Kier molecular flexibility index (Phi) is 5.38. The van der Waals surface area contributed by atoms with E-state index in [9.17, 15) is 9.59 Å². The molecule has 0 spiro atoms. The monoisotopic (exact) mass is 369 g/mol. The van der Waals surface area contributed by atoms with Gasteiger partial charge >= 0.3 is 0 Å². The van der Waals surface area contributed by atoms with Gasteiger partial charge in [-0.2, -0.15) is 5.10 Å². The normalized spacial score (nSPS) is 12.1. The molecule has 0 aliphatic heterocycles. The number of carbonyl (C=O) groups is 1. The molecule has 26 heavy (non-hydrogen) atoms. The van der Waals surface area contributed by atoms with E-state index in [2.05, 4.69) is 10.4 Å². The number of nitrogens with one attached hydrogen (secondary N) is 1. The maximum Gasteiger partial charge on any atom is 0.274 e. The predicted molar refractivity (Wildman–Crippen MR) is 103 cm³/mol. The fourth-order valence-electron chi connectivity index (χ4n) is 3.05. The molecular formula is C20H20ClN3O2. The Morgan fingerprint density at radius 1 is 1.19 bits per heavy atom. The molecule has 3 rings (SSSR count). The molecule has 1 heterocycles. The molecule has 1 unspecified atom stereocenters. The van der Waals surface area contributed by atoms with Gasteiger partial charge in [-0.05, 0) is 30.2 Å². The van der Waals surface area contributed by atoms with Gasteiger partial charge in [0.2, 0.25) is 5.91 Å². The van der Waals surface area contributed by atoms with Crippen molar-refractivity contribution in [3.63, 3.8) is 0 Å². The van der Waals surface area contributed by atoms with E-state index in [0.717, 1.165) is 12.0 Å². The van der Waals surface area contributed by atoms with E-state index in [0.29, 0.717) is 21.5 Å². The number of fused-ring (bicyclic) bond motifs is 1. The Morgan fingerprint density at radius 2 is 1.92 bits per heavy atom. The molecule has 1 atom stereocenters. The van der Waals surface area contributed by atoms with Gasteiger partial charge in [0.25, 0.3) is 5.56 Å². The first kappa shape index (κ1) is 18.1. The topological polar surface area (TPSA) is 64.0 Å². The number of amides is 1. The van der Waals surface area contributed by atoms with Crippen LogP contribution < -0.4 is 10.9 Å². The average Bonchev–Trinajstić information content (AvgIpc) is 2.64. The van der Waals surface area contributed by atoms with Crippen LogP contribution in [0.3, 0.4) is 0 Å². The van der Waals surface area contributed by atoms with Crippen LogP contribution >= 0.6 is 11.6 Å². The van der Waals surface area contributed by atoms with Crippen LogP contribution in [0.25, 0.3) is 10.8 Å². The van der Waals surface area contributed by atoms with Gasteiger partial charge in [-0.25, -0.2) is 4.68 Å². The number of nitrogens with zero attached hydrogens (tertiary/aromatic N) is 2. The number of aryl methyl sites for hydroxylation is 1. The lowest BCUT2D eigenvalue weighted by Crippen LogP contribution is -2.31. The number of benzene rings is 2. The molecule has 5 nitrogen and oxygen atoms in total. The van der Waals surface area contributed by atoms with Crippen LogP contribution in [-0.4, -0.2) is 15.7 Å². The van der Waals surface area contributed by atoms with Crippen molar-refractivity contribution in [3.8, 4) is 0 Å². The van der Waals surface area contributed by atoms with E-state index < -0.39 is 0 Å². The predicted octanol–water partition coefficient (Wildman–Crippen LogP) is 3.40. The zero-order valence-corrected chi connectivity index (χ0v) is 15.5. The fraction of sp³-hybridized carbons (Fsp3) is 0.250. The summed E-state index contributed by atoms with van der Waals surface area (Å²) in [5, 5.41) is 9.23. The SMILES string of the molecule is CCC(NC(=O)Cc1nn(C)c(=O)c2ccccc12)c1cccc(Cl)c1. The minimum Gasteiger partial charge on any atom is -0.349 e. The zero-order valence-electron chi connectivity index (χ0n) is 14.7. The quantitative estimate of drug-likeness (QED) is 0.749. The van der Waals surface area contributed by atoms with Gasteiger partial charge in [0.05, 0.1) is 23.5 Å². The number of carbonyl (C=O) groups excluding carboxylic acids is 1. The number of halogens is 1. The fourth-order valence-corrected chi connectivity index (χ4v) is 3.25. The molecular weight excluding hydrogens is 350 g/mol. The molecule has 0 radical (unpaired) electrons. The Morgan fingerprint density at radius 3 is 2.62 bits per heavy atom. The van der Waals surface area contributed by atoms with Gasteiger partial charge in [0.15, 0.2) is 0 Å². The molecule has 3 aromatic rings. The molecule has 2 aromatic carbocycles. The van der Waals surface area contributed by atoms with E-state index in [4.69, 9.17) is 11.6 Å². The van der Waals surface area contributed by atoms with Crippen molar-refractivity contribution in [2.24, 2.45) is 7.05 Å². The van der Waals surface area contributed by atoms with Gasteiger partial charge in [-0.3, -0.25) is 9.59 Å². The molecule has 0 saturated carbocycles. The van der Waals surface area contributed by atoms with Gasteiger partial charge in [-0.15, -0.1) is 0 Å². The largest absolute Gasteiger partial charge is 0.349 e. The summed E-state index contributed by atoms with van der Waals surface area (Å²) in [4.78, 5) is 24.8. The molecule has 134 valence electrons. The van der Waals surface area contributed by atoms with Crippen molar-refractivity contribution >= 4 is 28.3 Å². The minimum atomic E-state index is -0.171. The number of hydrogen-bond acceptors (Lipinski definition) is 3. The maximum atomic E-state index is 12.6. The van der Waals surface area contributed by atoms with E-state index >= 15 is 0 Å². The molecule has 1 N–H and O–H groups in total. The maximum absolute atomic E-state index is 12.6. The first-order valence-electron chi connectivity index (χ1n) is 8.49. The van der Waals surface area contributed by atoms with Crippen LogP contribution in [0.2, 0.25) is 5.02 Å². The Hall–Kier alpha value is -2.66. The highest BCUT2D eigenvalue weighted by Crippen LogP contribution is 2.21. The van der Waals surface area contributed by atoms with E-state index in [1.165, 1.54) is 4.68 Å². The van der Waals surface area contributed by atoms with Gasteiger partial charge in [0, 0.05) is 17.5 Å². The van der Waals surface area contributed by atoms with Gasteiger partial charge in [0.1, 0.15) is 0 Å². The highest BCUT2D eigenvalue weighted by Gasteiger charge is 2.16. The third-order valence-corrected chi connectivity index (χ3v) is 4.59. The second-order valence-corrected chi connectivity index (χ2v) is 6.62. The van der Waals surface area contributed by atoms with E-state index in [1.54, 1.807) is 25.2 Å². The van der Waals surface area contributed by atoms with Crippen LogP contribution in [-0.2, 0) is 18.3 Å². The molecule has 1 aromatic heterocycles. The minimum absolute atomic E-state index is 0.103. The van der Waals surface area contributed by atoms with Crippen LogP contribution in [0.5, 0.6) is 0 Å². The smallest absolute Gasteiger partial charge is 0.274 e. The van der Waals surface area contributed by atoms with Gasteiger partial charge < -0.3 is 5.32 Å². The van der Waals surface area contributed by atoms with Crippen molar-refractivity contribution in [2.75, 3.05) is 0 Å². The van der Waals surface area contributed by atoms with Crippen LogP contribution in [0.4, 0.5) is 0 Å². The highest BCUT2D eigenvalue weighted by atomic mass is 35.5. The average molecular weight is 370 g/mol. The Labute approximate surface area is 156 Å². The highest BCUT2D eigenvalue weighted by molar-refractivity contribution is 6.30. The standard InChI is InChI=1S/C20H20ClN3O2/c1-3-17(13-7-6-8-14(21)11-13)22-19(25)12-18-15-9-4-5-10-16(15)20(26)24(2)23-18/h4-11,17H,3,12H2,1-2H3,(H,22,25). The molecule has 0 fully saturated rings.